The number of ether oxygens (including phenoxy) is 1. The van der Waals surface area contributed by atoms with Crippen molar-refractivity contribution in [2.24, 2.45) is 0 Å². The Bertz CT molecular complexity index is 1480. The van der Waals surface area contributed by atoms with Crippen LogP contribution in [0.3, 0.4) is 0 Å². The maximum Gasteiger partial charge on any atom is 0.270 e. The van der Waals surface area contributed by atoms with Crippen LogP contribution in [0.5, 0.6) is 5.75 Å². The number of thioether (sulfide) groups is 1. The summed E-state index contributed by atoms with van der Waals surface area (Å²) in [5.74, 6) is 2.37. The molecule has 3 aromatic carbocycles. The number of nitro groups is 1. The van der Waals surface area contributed by atoms with Crippen molar-refractivity contribution >= 4 is 17.4 Å². The Morgan fingerprint density at radius 2 is 1.80 bits per heavy atom. The monoisotopic (exact) mass is 486 g/mol. The maximum atomic E-state index is 11.1. The summed E-state index contributed by atoms with van der Waals surface area (Å²) in [6.07, 6.45) is 0. The molecule has 0 saturated heterocycles. The Morgan fingerprint density at radius 1 is 1.00 bits per heavy atom. The van der Waals surface area contributed by atoms with E-state index in [0.29, 0.717) is 28.2 Å². The van der Waals surface area contributed by atoms with Gasteiger partial charge >= 0.3 is 0 Å². The molecule has 5 aromatic rings. The lowest BCUT2D eigenvalue weighted by Crippen LogP contribution is -2.00. The third-order valence-electron chi connectivity index (χ3n) is 5.08. The van der Waals surface area contributed by atoms with E-state index in [1.807, 2.05) is 59.2 Å². The molecule has 0 fully saturated rings. The highest BCUT2D eigenvalue weighted by atomic mass is 32.2. The highest BCUT2D eigenvalue weighted by Gasteiger charge is 2.19. The van der Waals surface area contributed by atoms with Crippen molar-refractivity contribution in [3.8, 4) is 34.2 Å². The van der Waals surface area contributed by atoms with Crippen molar-refractivity contribution in [3.63, 3.8) is 0 Å². The summed E-state index contributed by atoms with van der Waals surface area (Å²) < 4.78 is 12.7. The number of non-ortho nitro benzene ring substituents is 1. The normalized spacial score (nSPS) is 10.9. The number of benzene rings is 3. The average Bonchev–Trinajstić information content (AvgIpc) is 3.55. The van der Waals surface area contributed by atoms with Crippen LogP contribution in [0, 0.1) is 10.1 Å². The molecule has 0 amide bonds. The molecule has 0 unspecified atom stereocenters. The predicted molar refractivity (Wildman–Crippen MR) is 129 cm³/mol. The lowest BCUT2D eigenvalue weighted by molar-refractivity contribution is -0.384. The van der Waals surface area contributed by atoms with E-state index in [0.717, 1.165) is 17.0 Å². The number of hydrogen-bond acceptors (Lipinski definition) is 9. The van der Waals surface area contributed by atoms with Crippen LogP contribution in [0.1, 0.15) is 5.89 Å². The maximum absolute atomic E-state index is 11.1. The first-order valence-electron chi connectivity index (χ1n) is 10.5. The highest BCUT2D eigenvalue weighted by molar-refractivity contribution is 7.98. The van der Waals surface area contributed by atoms with Gasteiger partial charge in [0.05, 0.1) is 17.8 Å². The minimum absolute atomic E-state index is 0.0377. The molecular weight excluding hydrogens is 468 g/mol. The molecule has 0 atom stereocenters. The lowest BCUT2D eigenvalue weighted by Gasteiger charge is -2.10. The molecule has 174 valence electrons. The van der Waals surface area contributed by atoms with Crippen LogP contribution in [-0.2, 0) is 5.75 Å². The van der Waals surface area contributed by atoms with Crippen LogP contribution in [0.4, 0.5) is 5.69 Å². The van der Waals surface area contributed by atoms with Gasteiger partial charge in [-0.2, -0.15) is 4.98 Å². The van der Waals surface area contributed by atoms with Gasteiger partial charge in [0.15, 0.2) is 11.0 Å². The van der Waals surface area contributed by atoms with Gasteiger partial charge in [0, 0.05) is 28.9 Å². The molecule has 5 rings (SSSR count). The third-order valence-corrected chi connectivity index (χ3v) is 6.00. The number of rotatable bonds is 8. The molecule has 11 heteroatoms. The van der Waals surface area contributed by atoms with Gasteiger partial charge in [0.1, 0.15) is 5.75 Å². The van der Waals surface area contributed by atoms with Crippen molar-refractivity contribution < 1.29 is 14.2 Å². The summed E-state index contributed by atoms with van der Waals surface area (Å²) >= 11 is 1.39. The average molecular weight is 487 g/mol. The van der Waals surface area contributed by atoms with Crippen LogP contribution in [0.2, 0.25) is 0 Å². The summed E-state index contributed by atoms with van der Waals surface area (Å²) in [5, 5.41) is 24.5. The SMILES string of the molecule is COc1cccc(-c2nnc(SCc3nc(-c4cccc([N+](=O)[O-])c4)no3)n2-c2ccccc2)c1. The molecular formula is C24H18N6O4S. The molecule has 0 radical (unpaired) electrons. The number of aromatic nitrogens is 5. The fourth-order valence-electron chi connectivity index (χ4n) is 3.44. The summed E-state index contributed by atoms with van der Waals surface area (Å²) in [6, 6.07) is 23.5. The zero-order chi connectivity index (χ0) is 24.2. The number of para-hydroxylation sites is 1. The van der Waals surface area contributed by atoms with Crippen molar-refractivity contribution in [1.82, 2.24) is 24.9 Å². The fraction of sp³-hybridized carbons (Fsp3) is 0.0833. The van der Waals surface area contributed by atoms with Crippen LogP contribution >= 0.6 is 11.8 Å². The first kappa shape index (κ1) is 22.3. The number of methoxy groups -OCH3 is 1. The summed E-state index contributed by atoms with van der Waals surface area (Å²) in [7, 11) is 1.62. The van der Waals surface area contributed by atoms with Gasteiger partial charge in [-0.25, -0.2) is 0 Å². The Kier molecular flexibility index (Phi) is 6.22. The Hall–Kier alpha value is -4.51. The summed E-state index contributed by atoms with van der Waals surface area (Å²) in [4.78, 5) is 15.0. The first-order chi connectivity index (χ1) is 17.1. The van der Waals surface area contributed by atoms with Gasteiger partial charge in [-0.3, -0.25) is 14.7 Å². The van der Waals surface area contributed by atoms with Crippen LogP contribution < -0.4 is 4.74 Å². The number of nitrogens with zero attached hydrogens (tertiary/aromatic N) is 6. The summed E-state index contributed by atoms with van der Waals surface area (Å²) in [5.41, 5.74) is 2.23. The Balaban J connectivity index is 1.43. The van der Waals surface area contributed by atoms with Gasteiger partial charge in [-0.1, -0.05) is 59.4 Å². The first-order valence-corrected chi connectivity index (χ1v) is 11.5. The van der Waals surface area contributed by atoms with E-state index in [1.165, 1.54) is 23.9 Å². The van der Waals surface area contributed by atoms with E-state index in [4.69, 9.17) is 9.26 Å². The summed E-state index contributed by atoms with van der Waals surface area (Å²) in [6.45, 7) is 0. The van der Waals surface area contributed by atoms with Crippen LogP contribution in [0.15, 0.2) is 88.5 Å². The number of hydrogen-bond donors (Lipinski definition) is 0. The molecule has 10 nitrogen and oxygen atoms in total. The molecule has 0 aliphatic carbocycles. The van der Waals surface area contributed by atoms with Crippen molar-refractivity contribution in [2.75, 3.05) is 7.11 Å². The molecule has 0 aliphatic heterocycles. The molecule has 0 saturated carbocycles. The van der Waals surface area contributed by atoms with Crippen LogP contribution in [0.25, 0.3) is 28.5 Å². The molecule has 0 aliphatic rings. The van der Waals surface area contributed by atoms with E-state index in [2.05, 4.69) is 20.3 Å². The molecule has 0 bridgehead atoms. The minimum Gasteiger partial charge on any atom is -0.497 e. The van der Waals surface area contributed by atoms with E-state index in [9.17, 15) is 10.1 Å². The van der Waals surface area contributed by atoms with Gasteiger partial charge < -0.3 is 9.26 Å². The third kappa shape index (κ3) is 4.75. The molecule has 2 aromatic heterocycles. The van der Waals surface area contributed by atoms with Crippen molar-refractivity contribution in [1.29, 1.82) is 0 Å². The van der Waals surface area contributed by atoms with E-state index in [-0.39, 0.29) is 11.5 Å². The van der Waals surface area contributed by atoms with Crippen LogP contribution in [-0.4, -0.2) is 36.9 Å². The van der Waals surface area contributed by atoms with Gasteiger partial charge in [-0.15, -0.1) is 10.2 Å². The Labute approximate surface area is 203 Å². The van der Waals surface area contributed by atoms with Crippen molar-refractivity contribution in [2.45, 2.75) is 10.9 Å². The molecule has 0 spiro atoms. The van der Waals surface area contributed by atoms with E-state index in [1.54, 1.807) is 19.2 Å². The smallest absolute Gasteiger partial charge is 0.270 e. The highest BCUT2D eigenvalue weighted by Crippen LogP contribution is 2.31. The standard InChI is InChI=1S/C24H18N6O4S/c1-33-20-12-6-8-17(14-20)23-26-27-24(29(23)18-9-3-2-4-10-18)35-15-21-25-22(28-34-21)16-7-5-11-19(13-16)30(31)32/h2-14H,15H2,1H3. The topological polar surface area (TPSA) is 122 Å². The Morgan fingerprint density at radius 3 is 2.60 bits per heavy atom. The molecule has 2 heterocycles. The van der Waals surface area contributed by atoms with Gasteiger partial charge in [-0.05, 0) is 24.3 Å². The van der Waals surface area contributed by atoms with E-state index < -0.39 is 4.92 Å². The van der Waals surface area contributed by atoms with Crippen molar-refractivity contribution in [3.05, 3.63) is 94.9 Å². The lowest BCUT2D eigenvalue weighted by atomic mass is 10.2. The second-order valence-corrected chi connectivity index (χ2v) is 8.26. The molecule has 0 N–H and O–H groups in total. The second-order valence-electron chi connectivity index (χ2n) is 7.32. The predicted octanol–water partition coefficient (Wildman–Crippen LogP) is 5.19. The minimum atomic E-state index is -0.462. The van der Waals surface area contributed by atoms with Gasteiger partial charge in [0.25, 0.3) is 5.69 Å². The van der Waals surface area contributed by atoms with E-state index >= 15 is 0 Å². The zero-order valence-corrected chi connectivity index (χ0v) is 19.3. The largest absolute Gasteiger partial charge is 0.497 e. The molecule has 35 heavy (non-hydrogen) atoms. The zero-order valence-electron chi connectivity index (χ0n) is 18.4. The van der Waals surface area contributed by atoms with Gasteiger partial charge in [0.2, 0.25) is 11.7 Å². The quantitative estimate of drug-likeness (QED) is 0.165. The fourth-order valence-corrected chi connectivity index (χ4v) is 4.23. The second kappa shape index (κ2) is 9.77. The number of nitro benzene ring substituents is 1.